The maximum absolute atomic E-state index is 12.8. The van der Waals surface area contributed by atoms with E-state index in [4.69, 9.17) is 9.47 Å². The van der Waals surface area contributed by atoms with Crippen LogP contribution in [-0.2, 0) is 17.6 Å². The standard InChI is InChI=1S/C21H25NO4S/c1-4-13-10-11-15-17(12-13)27-20(18(15)21(24)26-5-2)22-19(23)14-8-6-7-9-16(14)25-3/h6-9,13H,4-5,10-12H2,1-3H3,(H,22,23). The summed E-state index contributed by atoms with van der Waals surface area (Å²) in [6.07, 6.45) is 3.98. The zero-order valence-electron chi connectivity index (χ0n) is 16.0. The topological polar surface area (TPSA) is 64.6 Å². The molecule has 0 saturated heterocycles. The lowest BCUT2D eigenvalue weighted by Crippen LogP contribution is -2.17. The Labute approximate surface area is 163 Å². The zero-order valence-corrected chi connectivity index (χ0v) is 16.8. The Morgan fingerprint density at radius 3 is 2.74 bits per heavy atom. The minimum atomic E-state index is -0.361. The van der Waals surface area contributed by atoms with Crippen LogP contribution < -0.4 is 10.1 Å². The summed E-state index contributed by atoms with van der Waals surface area (Å²) in [6, 6.07) is 7.05. The van der Waals surface area contributed by atoms with Gasteiger partial charge in [-0.1, -0.05) is 25.5 Å². The predicted octanol–water partition coefficient (Wildman–Crippen LogP) is 4.70. The van der Waals surface area contributed by atoms with Crippen LogP contribution in [0.4, 0.5) is 5.00 Å². The predicted molar refractivity (Wildman–Crippen MR) is 107 cm³/mol. The first-order chi connectivity index (χ1) is 13.1. The third-order valence-corrected chi connectivity index (χ3v) is 6.17. The Hall–Kier alpha value is -2.34. The Morgan fingerprint density at radius 1 is 1.26 bits per heavy atom. The van der Waals surface area contributed by atoms with E-state index in [2.05, 4.69) is 12.2 Å². The van der Waals surface area contributed by atoms with Crippen LogP contribution in [0.3, 0.4) is 0 Å². The van der Waals surface area contributed by atoms with E-state index in [1.54, 1.807) is 25.1 Å². The Bertz CT molecular complexity index is 843. The number of carbonyl (C=O) groups excluding carboxylic acids is 2. The molecule has 1 aliphatic rings. The van der Waals surface area contributed by atoms with Crippen LogP contribution in [0.15, 0.2) is 24.3 Å². The van der Waals surface area contributed by atoms with Crippen molar-refractivity contribution in [3.63, 3.8) is 0 Å². The van der Waals surface area contributed by atoms with E-state index in [0.29, 0.717) is 34.4 Å². The van der Waals surface area contributed by atoms with Gasteiger partial charge in [-0.3, -0.25) is 4.79 Å². The second-order valence-corrected chi connectivity index (χ2v) is 7.71. The van der Waals surface area contributed by atoms with E-state index < -0.39 is 0 Å². The van der Waals surface area contributed by atoms with Gasteiger partial charge in [-0.15, -0.1) is 11.3 Å². The van der Waals surface area contributed by atoms with Crippen molar-refractivity contribution < 1.29 is 19.1 Å². The molecule has 6 heteroatoms. The Kier molecular flexibility index (Phi) is 6.16. The van der Waals surface area contributed by atoms with E-state index in [1.165, 1.54) is 23.3 Å². The summed E-state index contributed by atoms with van der Waals surface area (Å²) in [7, 11) is 1.53. The number of anilines is 1. The Morgan fingerprint density at radius 2 is 2.04 bits per heavy atom. The van der Waals surface area contributed by atoms with Crippen LogP contribution in [-0.4, -0.2) is 25.6 Å². The number of carbonyl (C=O) groups is 2. The average molecular weight is 388 g/mol. The monoisotopic (exact) mass is 387 g/mol. The molecule has 0 spiro atoms. The minimum Gasteiger partial charge on any atom is -0.496 e. The highest BCUT2D eigenvalue weighted by Crippen LogP contribution is 2.41. The number of rotatable bonds is 6. The molecule has 2 aromatic rings. The lowest BCUT2D eigenvalue weighted by atomic mass is 9.85. The molecule has 1 N–H and O–H groups in total. The van der Waals surface area contributed by atoms with E-state index >= 15 is 0 Å². The maximum Gasteiger partial charge on any atom is 0.341 e. The molecule has 0 aliphatic heterocycles. The van der Waals surface area contributed by atoms with Gasteiger partial charge in [-0.25, -0.2) is 4.79 Å². The van der Waals surface area contributed by atoms with Gasteiger partial charge in [0, 0.05) is 4.88 Å². The van der Waals surface area contributed by atoms with Crippen molar-refractivity contribution in [3.05, 3.63) is 45.8 Å². The number of amides is 1. The molecule has 0 radical (unpaired) electrons. The van der Waals surface area contributed by atoms with Gasteiger partial charge in [0.1, 0.15) is 10.8 Å². The number of para-hydroxylation sites is 1. The summed E-state index contributed by atoms with van der Waals surface area (Å²) in [5, 5.41) is 3.50. The number of methoxy groups -OCH3 is 1. The van der Waals surface area contributed by atoms with Crippen LogP contribution in [0.2, 0.25) is 0 Å². The van der Waals surface area contributed by atoms with Crippen LogP contribution >= 0.6 is 11.3 Å². The second kappa shape index (κ2) is 8.57. The first-order valence-corrected chi connectivity index (χ1v) is 10.2. The summed E-state index contributed by atoms with van der Waals surface area (Å²) in [4.78, 5) is 26.6. The van der Waals surface area contributed by atoms with E-state index in [-0.39, 0.29) is 11.9 Å². The first-order valence-electron chi connectivity index (χ1n) is 9.35. The van der Waals surface area contributed by atoms with Gasteiger partial charge in [0.05, 0.1) is 24.8 Å². The highest BCUT2D eigenvalue weighted by Gasteiger charge is 2.30. The highest BCUT2D eigenvalue weighted by molar-refractivity contribution is 7.17. The summed E-state index contributed by atoms with van der Waals surface area (Å²) in [5.41, 5.74) is 2.00. The maximum atomic E-state index is 12.8. The number of nitrogens with one attached hydrogen (secondary N) is 1. The fourth-order valence-corrected chi connectivity index (χ4v) is 4.86. The van der Waals surface area contributed by atoms with Gasteiger partial charge < -0.3 is 14.8 Å². The van der Waals surface area contributed by atoms with Crippen molar-refractivity contribution in [2.75, 3.05) is 19.0 Å². The summed E-state index contributed by atoms with van der Waals surface area (Å²) < 4.78 is 10.6. The molecular weight excluding hydrogens is 362 g/mol. The molecule has 1 heterocycles. The second-order valence-electron chi connectivity index (χ2n) is 6.60. The summed E-state index contributed by atoms with van der Waals surface area (Å²) in [5.74, 6) is 0.480. The van der Waals surface area contributed by atoms with Crippen molar-refractivity contribution in [2.45, 2.75) is 39.5 Å². The summed E-state index contributed by atoms with van der Waals surface area (Å²) >= 11 is 1.50. The third-order valence-electron chi connectivity index (χ3n) is 5.00. The highest BCUT2D eigenvalue weighted by atomic mass is 32.1. The van der Waals surface area contributed by atoms with Crippen molar-refractivity contribution in [1.82, 2.24) is 0 Å². The molecule has 1 atom stereocenters. The van der Waals surface area contributed by atoms with Crippen molar-refractivity contribution in [1.29, 1.82) is 0 Å². The van der Waals surface area contributed by atoms with Crippen molar-refractivity contribution >= 4 is 28.2 Å². The Balaban J connectivity index is 1.95. The van der Waals surface area contributed by atoms with E-state index in [0.717, 1.165) is 31.2 Å². The van der Waals surface area contributed by atoms with Gasteiger partial charge in [0.15, 0.2) is 0 Å². The van der Waals surface area contributed by atoms with E-state index in [9.17, 15) is 9.59 Å². The molecule has 0 fully saturated rings. The van der Waals surface area contributed by atoms with Crippen LogP contribution in [0.25, 0.3) is 0 Å². The minimum absolute atomic E-state index is 0.288. The molecule has 1 amide bonds. The molecule has 1 aromatic heterocycles. The molecule has 0 saturated carbocycles. The molecule has 27 heavy (non-hydrogen) atoms. The fraction of sp³-hybridized carbons (Fsp3) is 0.429. The van der Waals surface area contributed by atoms with Gasteiger partial charge in [-0.2, -0.15) is 0 Å². The van der Waals surface area contributed by atoms with Gasteiger partial charge in [-0.05, 0) is 49.8 Å². The third kappa shape index (κ3) is 4.00. The van der Waals surface area contributed by atoms with Crippen LogP contribution in [0.5, 0.6) is 5.75 Å². The largest absolute Gasteiger partial charge is 0.496 e. The molecule has 1 aromatic carbocycles. The molecule has 1 aliphatic carbocycles. The number of ether oxygens (including phenoxy) is 2. The number of hydrogen-bond acceptors (Lipinski definition) is 5. The molecule has 144 valence electrons. The molecule has 5 nitrogen and oxygen atoms in total. The number of thiophene rings is 1. The molecule has 0 bridgehead atoms. The summed E-state index contributed by atoms with van der Waals surface area (Å²) in [6.45, 7) is 4.29. The fourth-order valence-electron chi connectivity index (χ4n) is 3.51. The normalized spacial score (nSPS) is 15.7. The number of benzene rings is 1. The average Bonchev–Trinajstić information content (AvgIpc) is 3.04. The number of hydrogen-bond donors (Lipinski definition) is 1. The lowest BCUT2D eigenvalue weighted by molar-refractivity contribution is 0.0526. The smallest absolute Gasteiger partial charge is 0.341 e. The van der Waals surface area contributed by atoms with Gasteiger partial charge in [0.2, 0.25) is 0 Å². The quantitative estimate of drug-likeness (QED) is 0.730. The van der Waals surface area contributed by atoms with Crippen molar-refractivity contribution in [2.24, 2.45) is 5.92 Å². The van der Waals surface area contributed by atoms with Crippen molar-refractivity contribution in [3.8, 4) is 5.75 Å². The lowest BCUT2D eigenvalue weighted by Gasteiger charge is -2.20. The van der Waals surface area contributed by atoms with Gasteiger partial charge >= 0.3 is 5.97 Å². The molecule has 3 rings (SSSR count). The number of fused-ring (bicyclic) bond motifs is 1. The zero-order chi connectivity index (χ0) is 19.4. The number of esters is 1. The molecule has 1 unspecified atom stereocenters. The van der Waals surface area contributed by atoms with Crippen LogP contribution in [0.1, 0.15) is 57.8 Å². The van der Waals surface area contributed by atoms with Gasteiger partial charge in [0.25, 0.3) is 5.91 Å². The van der Waals surface area contributed by atoms with E-state index in [1.807, 2.05) is 6.07 Å². The SMILES string of the molecule is CCOC(=O)c1c(NC(=O)c2ccccc2OC)sc2c1CCC(CC)C2. The molecular formula is C21H25NO4S. The van der Waals surface area contributed by atoms with Crippen LogP contribution in [0, 0.1) is 5.92 Å². The first kappa shape index (κ1) is 19.4.